The average molecular weight is 273 g/mol. The minimum atomic E-state index is 0.102. The molecule has 0 radical (unpaired) electrons. The van der Waals surface area contributed by atoms with Gasteiger partial charge in [-0.15, -0.1) is 0 Å². The summed E-state index contributed by atoms with van der Waals surface area (Å²) in [7, 11) is 2.19. The maximum absolute atomic E-state index is 8.47. The number of ether oxygens (including phenoxy) is 1. The van der Waals surface area contributed by atoms with Gasteiger partial charge in [-0.25, -0.2) is 0 Å². The standard InChI is InChI=1S/C16H23N3O/c1-13-12-19(2)9-7-16(13)18-11-14-3-5-15(6-4-14)20-10-8-17/h3-6,13,16,18H,7,9-12H2,1-2H3. The van der Waals surface area contributed by atoms with E-state index in [1.54, 1.807) is 0 Å². The van der Waals surface area contributed by atoms with E-state index in [4.69, 9.17) is 10.00 Å². The summed E-state index contributed by atoms with van der Waals surface area (Å²) in [5.41, 5.74) is 1.25. The molecule has 0 spiro atoms. The van der Waals surface area contributed by atoms with E-state index in [9.17, 15) is 0 Å². The lowest BCUT2D eigenvalue weighted by atomic mass is 9.94. The number of nitrogens with zero attached hydrogens (tertiary/aromatic N) is 2. The zero-order valence-electron chi connectivity index (χ0n) is 12.3. The molecule has 0 amide bonds. The molecule has 0 aliphatic carbocycles. The van der Waals surface area contributed by atoms with Crippen LogP contribution < -0.4 is 10.1 Å². The molecule has 1 N–H and O–H groups in total. The van der Waals surface area contributed by atoms with Gasteiger partial charge in [0.25, 0.3) is 0 Å². The van der Waals surface area contributed by atoms with Gasteiger partial charge < -0.3 is 15.0 Å². The number of hydrogen-bond donors (Lipinski definition) is 1. The van der Waals surface area contributed by atoms with Gasteiger partial charge >= 0.3 is 0 Å². The molecule has 2 unspecified atom stereocenters. The molecule has 2 rings (SSSR count). The van der Waals surface area contributed by atoms with Crippen LogP contribution in [0.2, 0.25) is 0 Å². The molecule has 1 saturated heterocycles. The molecule has 1 fully saturated rings. The Morgan fingerprint density at radius 2 is 2.15 bits per heavy atom. The molecule has 0 aromatic heterocycles. The Balaban J connectivity index is 1.80. The van der Waals surface area contributed by atoms with Gasteiger partial charge in [0, 0.05) is 19.1 Å². The fourth-order valence-electron chi connectivity index (χ4n) is 2.73. The van der Waals surface area contributed by atoms with Crippen LogP contribution in [0.5, 0.6) is 5.75 Å². The highest BCUT2D eigenvalue weighted by molar-refractivity contribution is 5.27. The van der Waals surface area contributed by atoms with E-state index >= 15 is 0 Å². The minimum Gasteiger partial charge on any atom is -0.479 e. The Morgan fingerprint density at radius 3 is 2.80 bits per heavy atom. The summed E-state index contributed by atoms with van der Waals surface area (Å²) in [6, 6.07) is 10.5. The summed E-state index contributed by atoms with van der Waals surface area (Å²) in [6.45, 7) is 5.63. The molecular formula is C16H23N3O. The Bertz CT molecular complexity index is 452. The van der Waals surface area contributed by atoms with Crippen LogP contribution in [0.3, 0.4) is 0 Å². The number of nitriles is 1. The number of rotatable bonds is 5. The van der Waals surface area contributed by atoms with Crippen molar-refractivity contribution in [2.45, 2.75) is 25.9 Å². The number of hydrogen-bond acceptors (Lipinski definition) is 4. The average Bonchev–Trinajstić information content (AvgIpc) is 2.45. The van der Waals surface area contributed by atoms with Crippen LogP contribution in [0.15, 0.2) is 24.3 Å². The maximum atomic E-state index is 8.47. The summed E-state index contributed by atoms with van der Waals surface area (Å²) in [5, 5.41) is 12.1. The number of piperidine rings is 1. The Hall–Kier alpha value is -1.57. The van der Waals surface area contributed by atoms with E-state index < -0.39 is 0 Å². The fourth-order valence-corrected chi connectivity index (χ4v) is 2.73. The lowest BCUT2D eigenvalue weighted by Gasteiger charge is -2.35. The van der Waals surface area contributed by atoms with E-state index in [0.29, 0.717) is 12.0 Å². The third kappa shape index (κ3) is 4.22. The van der Waals surface area contributed by atoms with Crippen LogP contribution in [0.1, 0.15) is 18.9 Å². The molecule has 0 saturated carbocycles. The Morgan fingerprint density at radius 1 is 1.40 bits per heavy atom. The molecule has 1 aliphatic heterocycles. The lowest BCUT2D eigenvalue weighted by Crippen LogP contribution is -2.46. The highest BCUT2D eigenvalue weighted by Crippen LogP contribution is 2.17. The predicted octanol–water partition coefficient (Wildman–Crippen LogP) is 2.02. The largest absolute Gasteiger partial charge is 0.479 e. The quantitative estimate of drug-likeness (QED) is 0.891. The Labute approximate surface area is 121 Å². The van der Waals surface area contributed by atoms with Gasteiger partial charge in [0.05, 0.1) is 0 Å². The van der Waals surface area contributed by atoms with E-state index in [2.05, 4.69) is 36.3 Å². The van der Waals surface area contributed by atoms with Crippen molar-refractivity contribution in [1.82, 2.24) is 10.2 Å². The zero-order chi connectivity index (χ0) is 14.4. The molecular weight excluding hydrogens is 250 g/mol. The first-order chi connectivity index (χ1) is 9.69. The Kier molecular flexibility index (Phi) is 5.40. The van der Waals surface area contributed by atoms with Crippen molar-refractivity contribution in [3.05, 3.63) is 29.8 Å². The van der Waals surface area contributed by atoms with Crippen molar-refractivity contribution in [2.75, 3.05) is 26.7 Å². The molecule has 1 aliphatic rings. The van der Waals surface area contributed by atoms with Gasteiger partial charge in [0.15, 0.2) is 6.61 Å². The van der Waals surface area contributed by atoms with E-state index in [-0.39, 0.29) is 6.61 Å². The van der Waals surface area contributed by atoms with Crippen molar-refractivity contribution in [1.29, 1.82) is 5.26 Å². The maximum Gasteiger partial charge on any atom is 0.174 e. The minimum absolute atomic E-state index is 0.102. The molecule has 1 aromatic carbocycles. The fraction of sp³-hybridized carbons (Fsp3) is 0.562. The topological polar surface area (TPSA) is 48.3 Å². The first-order valence-corrected chi connectivity index (χ1v) is 7.19. The summed E-state index contributed by atoms with van der Waals surface area (Å²) in [4.78, 5) is 2.39. The second-order valence-electron chi connectivity index (χ2n) is 5.61. The summed E-state index contributed by atoms with van der Waals surface area (Å²) < 4.78 is 5.25. The normalized spacial score (nSPS) is 23.2. The van der Waals surface area contributed by atoms with Crippen molar-refractivity contribution in [2.24, 2.45) is 5.92 Å². The van der Waals surface area contributed by atoms with Gasteiger partial charge in [-0.1, -0.05) is 19.1 Å². The van der Waals surface area contributed by atoms with Crippen LogP contribution in [-0.2, 0) is 6.54 Å². The second kappa shape index (κ2) is 7.28. The van der Waals surface area contributed by atoms with Gasteiger partial charge in [0.1, 0.15) is 11.8 Å². The number of benzene rings is 1. The van der Waals surface area contributed by atoms with Crippen LogP contribution in [0.4, 0.5) is 0 Å². The first-order valence-electron chi connectivity index (χ1n) is 7.19. The molecule has 0 bridgehead atoms. The van der Waals surface area contributed by atoms with Crippen molar-refractivity contribution in [3.63, 3.8) is 0 Å². The molecule has 4 nitrogen and oxygen atoms in total. The van der Waals surface area contributed by atoms with E-state index in [0.717, 1.165) is 12.3 Å². The molecule has 108 valence electrons. The molecule has 1 aromatic rings. The molecule has 4 heteroatoms. The monoisotopic (exact) mass is 273 g/mol. The van der Waals surface area contributed by atoms with Crippen LogP contribution in [0, 0.1) is 17.2 Å². The van der Waals surface area contributed by atoms with Crippen LogP contribution in [0.25, 0.3) is 0 Å². The highest BCUT2D eigenvalue weighted by Gasteiger charge is 2.23. The van der Waals surface area contributed by atoms with E-state index in [1.165, 1.54) is 25.1 Å². The molecule has 2 atom stereocenters. The smallest absolute Gasteiger partial charge is 0.174 e. The van der Waals surface area contributed by atoms with Crippen molar-refractivity contribution < 1.29 is 4.74 Å². The van der Waals surface area contributed by atoms with Crippen molar-refractivity contribution in [3.8, 4) is 11.8 Å². The third-order valence-corrected chi connectivity index (χ3v) is 3.90. The van der Waals surface area contributed by atoms with Crippen LogP contribution in [-0.4, -0.2) is 37.7 Å². The van der Waals surface area contributed by atoms with Gasteiger partial charge in [-0.3, -0.25) is 0 Å². The first kappa shape index (κ1) is 14.8. The zero-order valence-corrected chi connectivity index (χ0v) is 12.3. The lowest BCUT2D eigenvalue weighted by molar-refractivity contribution is 0.174. The predicted molar refractivity (Wildman–Crippen MR) is 79.5 cm³/mol. The van der Waals surface area contributed by atoms with Crippen molar-refractivity contribution >= 4 is 0 Å². The second-order valence-corrected chi connectivity index (χ2v) is 5.61. The number of nitrogens with one attached hydrogen (secondary N) is 1. The summed E-state index contributed by atoms with van der Waals surface area (Å²) in [6.07, 6.45) is 1.21. The van der Waals surface area contributed by atoms with Gasteiger partial charge in [-0.2, -0.15) is 5.26 Å². The molecule has 20 heavy (non-hydrogen) atoms. The van der Waals surface area contributed by atoms with Crippen LogP contribution >= 0.6 is 0 Å². The summed E-state index contributed by atoms with van der Waals surface area (Å²) >= 11 is 0. The van der Waals surface area contributed by atoms with Gasteiger partial charge in [0.2, 0.25) is 0 Å². The third-order valence-electron chi connectivity index (χ3n) is 3.90. The number of likely N-dealkylation sites (tertiary alicyclic amines) is 1. The SMILES string of the molecule is CC1CN(C)CCC1NCc1ccc(OCC#N)cc1. The van der Waals surface area contributed by atoms with E-state index in [1.807, 2.05) is 18.2 Å². The summed E-state index contributed by atoms with van der Waals surface area (Å²) in [5.74, 6) is 1.44. The highest BCUT2D eigenvalue weighted by atomic mass is 16.5. The molecule has 1 heterocycles. The van der Waals surface area contributed by atoms with Gasteiger partial charge in [-0.05, 0) is 43.6 Å².